The van der Waals surface area contributed by atoms with Gasteiger partial charge in [-0.2, -0.15) is 0 Å². The summed E-state index contributed by atoms with van der Waals surface area (Å²) in [5, 5.41) is 3.10. The SMILES string of the molecule is Cc1c(Oc2ncc(Cl)cc2OCC(F)F)cnc2nc(C(=O)NC3(C)CCS(=O)(=O)CC3)n(C)c12. The molecule has 36 heavy (non-hydrogen) atoms. The molecule has 0 radical (unpaired) electrons. The van der Waals surface area contributed by atoms with E-state index >= 15 is 0 Å². The van der Waals surface area contributed by atoms with Crippen molar-refractivity contribution in [2.45, 2.75) is 38.7 Å². The van der Waals surface area contributed by atoms with Gasteiger partial charge in [0.05, 0.1) is 28.2 Å². The molecule has 4 heterocycles. The number of sulfone groups is 1. The van der Waals surface area contributed by atoms with Crippen LogP contribution in [0, 0.1) is 6.92 Å². The number of hydrogen-bond donors (Lipinski definition) is 1. The first kappa shape index (κ1) is 26.0. The largest absolute Gasteiger partial charge is 0.482 e. The average Bonchev–Trinajstić information content (AvgIpc) is 3.15. The van der Waals surface area contributed by atoms with Crippen molar-refractivity contribution >= 4 is 38.5 Å². The fourth-order valence-electron chi connectivity index (χ4n) is 3.92. The summed E-state index contributed by atoms with van der Waals surface area (Å²) in [7, 11) is -1.44. The van der Waals surface area contributed by atoms with E-state index < -0.39 is 34.3 Å². The number of nitrogens with zero attached hydrogens (tertiary/aromatic N) is 4. The Kier molecular flexibility index (Phi) is 7.06. The van der Waals surface area contributed by atoms with E-state index in [1.807, 2.05) is 6.92 Å². The second-order valence-electron chi connectivity index (χ2n) is 8.84. The molecule has 194 valence electrons. The summed E-state index contributed by atoms with van der Waals surface area (Å²) in [4.78, 5) is 25.7. The zero-order valence-electron chi connectivity index (χ0n) is 19.7. The highest BCUT2D eigenvalue weighted by Crippen LogP contribution is 2.35. The molecule has 1 aliphatic heterocycles. The maximum atomic E-state index is 13.1. The lowest BCUT2D eigenvalue weighted by Crippen LogP contribution is -2.51. The maximum absolute atomic E-state index is 13.1. The summed E-state index contributed by atoms with van der Waals surface area (Å²) in [5.74, 6) is -0.234. The Morgan fingerprint density at radius 2 is 1.94 bits per heavy atom. The summed E-state index contributed by atoms with van der Waals surface area (Å²) in [5.41, 5.74) is 0.701. The first-order valence-corrected chi connectivity index (χ1v) is 13.2. The van der Waals surface area contributed by atoms with Crippen LogP contribution in [0.4, 0.5) is 8.78 Å². The third-order valence-electron chi connectivity index (χ3n) is 6.01. The van der Waals surface area contributed by atoms with Gasteiger partial charge < -0.3 is 19.4 Å². The van der Waals surface area contributed by atoms with Crippen molar-refractivity contribution in [1.82, 2.24) is 24.8 Å². The molecule has 1 fully saturated rings. The number of fused-ring (bicyclic) bond motifs is 1. The molecule has 0 aliphatic carbocycles. The number of ether oxygens (including phenoxy) is 2. The van der Waals surface area contributed by atoms with Gasteiger partial charge in [-0.1, -0.05) is 11.6 Å². The van der Waals surface area contributed by atoms with Crippen molar-refractivity contribution in [2.24, 2.45) is 7.05 Å². The number of rotatable bonds is 7. The van der Waals surface area contributed by atoms with Crippen molar-refractivity contribution in [3.63, 3.8) is 0 Å². The average molecular weight is 544 g/mol. The minimum atomic E-state index is -3.09. The number of amides is 1. The molecule has 0 unspecified atom stereocenters. The Hall–Kier alpha value is -3.06. The number of pyridine rings is 2. The number of nitrogens with one attached hydrogen (secondary N) is 1. The van der Waals surface area contributed by atoms with Gasteiger partial charge in [0.1, 0.15) is 16.4 Å². The van der Waals surface area contributed by atoms with Crippen LogP contribution in [0.3, 0.4) is 0 Å². The normalized spacial score (nSPS) is 16.8. The van der Waals surface area contributed by atoms with Crippen molar-refractivity contribution < 1.29 is 31.5 Å². The van der Waals surface area contributed by atoms with Gasteiger partial charge in [-0.25, -0.2) is 32.2 Å². The van der Waals surface area contributed by atoms with Gasteiger partial charge in [-0.05, 0) is 26.7 Å². The fourth-order valence-corrected chi connectivity index (χ4v) is 5.80. The third-order valence-corrected chi connectivity index (χ3v) is 7.87. The lowest BCUT2D eigenvalue weighted by Gasteiger charge is -2.34. The lowest BCUT2D eigenvalue weighted by atomic mass is 9.95. The fraction of sp³-hybridized carbons (Fsp3) is 0.455. The molecule has 1 N–H and O–H groups in total. The molecule has 3 aromatic heterocycles. The number of imidazole rings is 1. The number of carbonyl (C=O) groups is 1. The molecule has 10 nitrogen and oxygen atoms in total. The predicted molar refractivity (Wildman–Crippen MR) is 128 cm³/mol. The Bertz CT molecular complexity index is 1420. The summed E-state index contributed by atoms with van der Waals surface area (Å²) < 4.78 is 61.3. The van der Waals surface area contributed by atoms with Crippen LogP contribution in [0.2, 0.25) is 5.02 Å². The molecule has 1 saturated heterocycles. The van der Waals surface area contributed by atoms with E-state index in [0.29, 0.717) is 29.6 Å². The van der Waals surface area contributed by atoms with Gasteiger partial charge in [0.2, 0.25) is 5.82 Å². The number of carbonyl (C=O) groups excluding carboxylic acids is 1. The number of hydrogen-bond acceptors (Lipinski definition) is 8. The van der Waals surface area contributed by atoms with E-state index in [0.717, 1.165) is 0 Å². The molecular weight excluding hydrogens is 520 g/mol. The van der Waals surface area contributed by atoms with Crippen molar-refractivity contribution in [1.29, 1.82) is 0 Å². The molecule has 0 bridgehead atoms. The summed E-state index contributed by atoms with van der Waals surface area (Å²) in [6, 6.07) is 1.32. The van der Waals surface area contributed by atoms with Crippen LogP contribution in [0.15, 0.2) is 18.5 Å². The Morgan fingerprint density at radius 3 is 2.61 bits per heavy atom. The van der Waals surface area contributed by atoms with E-state index in [9.17, 15) is 22.0 Å². The molecule has 1 amide bonds. The first-order valence-electron chi connectivity index (χ1n) is 11.0. The second-order valence-corrected chi connectivity index (χ2v) is 11.6. The lowest BCUT2D eigenvalue weighted by molar-refractivity contribution is 0.0804. The molecule has 0 spiro atoms. The highest BCUT2D eigenvalue weighted by Gasteiger charge is 2.35. The first-order chi connectivity index (χ1) is 16.9. The predicted octanol–water partition coefficient (Wildman–Crippen LogP) is 3.46. The van der Waals surface area contributed by atoms with Gasteiger partial charge in [0.15, 0.2) is 17.1 Å². The van der Waals surface area contributed by atoms with E-state index in [4.69, 9.17) is 21.1 Å². The second kappa shape index (κ2) is 9.77. The van der Waals surface area contributed by atoms with Gasteiger partial charge >= 0.3 is 0 Å². The zero-order valence-corrected chi connectivity index (χ0v) is 21.3. The van der Waals surface area contributed by atoms with E-state index in [1.54, 1.807) is 18.5 Å². The Morgan fingerprint density at radius 1 is 1.25 bits per heavy atom. The van der Waals surface area contributed by atoms with Crippen molar-refractivity contribution in [3.05, 3.63) is 34.9 Å². The Balaban J connectivity index is 1.61. The van der Waals surface area contributed by atoms with Crippen LogP contribution in [0.1, 0.15) is 35.9 Å². The molecule has 3 aromatic rings. The number of aromatic nitrogens is 4. The van der Waals surface area contributed by atoms with Crippen LogP contribution < -0.4 is 14.8 Å². The molecular formula is C22H24ClF2N5O5S. The van der Waals surface area contributed by atoms with Crippen LogP contribution in [0.25, 0.3) is 11.2 Å². The minimum absolute atomic E-state index is 0.00936. The summed E-state index contributed by atoms with van der Waals surface area (Å²) in [6.07, 6.45) is 0.592. The molecule has 4 rings (SSSR count). The standard InChI is InChI=1S/C22H24ClF2N5O5S/c1-12-15(35-21-14(34-11-16(24)25)8-13(23)9-27-21)10-26-18-17(12)30(3)19(28-18)20(31)29-22(2)4-6-36(32,33)7-5-22/h8-10,16H,4-7,11H2,1-3H3,(H,29,31). The van der Waals surface area contributed by atoms with Crippen LogP contribution >= 0.6 is 11.6 Å². The molecule has 0 aromatic carbocycles. The van der Waals surface area contributed by atoms with Crippen LogP contribution in [0.5, 0.6) is 17.4 Å². The Labute approximate surface area is 210 Å². The third kappa shape index (κ3) is 5.51. The number of halogens is 3. The van der Waals surface area contributed by atoms with Crippen LogP contribution in [-0.2, 0) is 16.9 Å². The topological polar surface area (TPSA) is 125 Å². The van der Waals surface area contributed by atoms with Crippen molar-refractivity contribution in [3.8, 4) is 17.4 Å². The molecule has 0 saturated carbocycles. The van der Waals surface area contributed by atoms with Crippen molar-refractivity contribution in [2.75, 3.05) is 18.1 Å². The van der Waals surface area contributed by atoms with Gasteiger partial charge in [-0.3, -0.25) is 4.79 Å². The van der Waals surface area contributed by atoms with Gasteiger partial charge in [0.25, 0.3) is 18.2 Å². The summed E-state index contributed by atoms with van der Waals surface area (Å²) >= 11 is 5.91. The zero-order chi connectivity index (χ0) is 26.3. The molecule has 0 atom stereocenters. The number of aryl methyl sites for hydroxylation is 2. The maximum Gasteiger partial charge on any atom is 0.287 e. The quantitative estimate of drug-likeness (QED) is 0.480. The smallest absolute Gasteiger partial charge is 0.287 e. The van der Waals surface area contributed by atoms with E-state index in [-0.39, 0.29) is 39.7 Å². The van der Waals surface area contributed by atoms with Crippen LogP contribution in [-0.4, -0.2) is 63.9 Å². The highest BCUT2D eigenvalue weighted by atomic mass is 35.5. The van der Waals surface area contributed by atoms with E-state index in [1.165, 1.54) is 18.5 Å². The van der Waals surface area contributed by atoms with E-state index in [2.05, 4.69) is 20.3 Å². The molecule has 1 aliphatic rings. The monoisotopic (exact) mass is 543 g/mol. The summed E-state index contributed by atoms with van der Waals surface area (Å²) in [6.45, 7) is 2.68. The molecule has 14 heteroatoms. The highest BCUT2D eigenvalue weighted by molar-refractivity contribution is 7.91. The minimum Gasteiger partial charge on any atom is -0.482 e. The number of alkyl halides is 2. The van der Waals surface area contributed by atoms with Gasteiger partial charge in [0, 0.05) is 30.4 Å². The van der Waals surface area contributed by atoms with Gasteiger partial charge in [-0.15, -0.1) is 0 Å².